The number of ether oxygens (including phenoxy) is 3. The maximum absolute atomic E-state index is 12.4. The zero-order valence-corrected chi connectivity index (χ0v) is 17.9. The summed E-state index contributed by atoms with van der Waals surface area (Å²) in [6.07, 6.45) is 1.71. The van der Waals surface area contributed by atoms with E-state index in [2.05, 4.69) is 10.3 Å². The van der Waals surface area contributed by atoms with Gasteiger partial charge in [0.15, 0.2) is 16.7 Å². The summed E-state index contributed by atoms with van der Waals surface area (Å²) >= 11 is 7.61. The molecule has 0 aliphatic carbocycles. The number of halogens is 1. The van der Waals surface area contributed by atoms with Gasteiger partial charge in [0.05, 0.1) is 35.9 Å². The molecule has 1 heterocycles. The highest BCUT2D eigenvalue weighted by Gasteiger charge is 2.24. The van der Waals surface area contributed by atoms with Crippen molar-refractivity contribution in [3.8, 4) is 17.2 Å². The first-order valence-corrected chi connectivity index (χ1v) is 10.3. The lowest BCUT2D eigenvalue weighted by Crippen LogP contribution is -2.19. The van der Waals surface area contributed by atoms with Crippen molar-refractivity contribution in [1.82, 2.24) is 5.32 Å². The minimum atomic E-state index is -0.233. The molecule has 3 rings (SSSR count). The van der Waals surface area contributed by atoms with Gasteiger partial charge in [-0.25, -0.2) is 4.99 Å². The van der Waals surface area contributed by atoms with E-state index >= 15 is 0 Å². The van der Waals surface area contributed by atoms with Crippen LogP contribution in [0.15, 0.2) is 46.3 Å². The normalized spacial score (nSPS) is 16.2. The molecule has 1 amide bonds. The van der Waals surface area contributed by atoms with Crippen molar-refractivity contribution < 1.29 is 19.0 Å². The standard InChI is InChI=1S/C21H21ClN2O4S/c1-4-27-15-8-6-14(7-9-15)23-21-24-20(25)19(29-21)11-13-10-17(26-3)18(28-5-2)12-16(13)22/h6-12H,4-5H2,1-3H3,(H,23,24,25)/b19-11+. The van der Waals surface area contributed by atoms with Crippen LogP contribution in [0.5, 0.6) is 17.2 Å². The Balaban J connectivity index is 1.82. The maximum Gasteiger partial charge on any atom is 0.264 e. The Kier molecular flexibility index (Phi) is 7.06. The molecule has 0 bridgehead atoms. The lowest BCUT2D eigenvalue weighted by molar-refractivity contribution is -0.115. The number of benzene rings is 2. The number of carbonyl (C=O) groups is 1. The third-order valence-electron chi connectivity index (χ3n) is 3.90. The van der Waals surface area contributed by atoms with Crippen LogP contribution in [0.2, 0.25) is 5.02 Å². The molecule has 1 N–H and O–H groups in total. The quantitative estimate of drug-likeness (QED) is 0.621. The van der Waals surface area contributed by atoms with Crippen LogP contribution in [0.4, 0.5) is 5.69 Å². The van der Waals surface area contributed by atoms with Crippen LogP contribution in [0.25, 0.3) is 6.08 Å². The first-order valence-electron chi connectivity index (χ1n) is 9.06. The van der Waals surface area contributed by atoms with Gasteiger partial charge in [-0.15, -0.1) is 0 Å². The molecule has 0 saturated carbocycles. The smallest absolute Gasteiger partial charge is 0.264 e. The fourth-order valence-electron chi connectivity index (χ4n) is 2.61. The van der Waals surface area contributed by atoms with Crippen molar-refractivity contribution in [3.63, 3.8) is 0 Å². The Bertz CT molecular complexity index is 958. The molecule has 6 nitrogen and oxygen atoms in total. The fraction of sp³-hybridized carbons (Fsp3) is 0.238. The summed E-state index contributed by atoms with van der Waals surface area (Å²) in [5, 5.41) is 3.73. The van der Waals surface area contributed by atoms with Crippen LogP contribution in [-0.4, -0.2) is 31.4 Å². The average molecular weight is 433 g/mol. The van der Waals surface area contributed by atoms with Gasteiger partial charge >= 0.3 is 0 Å². The molecule has 2 aromatic carbocycles. The van der Waals surface area contributed by atoms with Crippen LogP contribution in [0.3, 0.4) is 0 Å². The summed E-state index contributed by atoms with van der Waals surface area (Å²) in [7, 11) is 1.56. The van der Waals surface area contributed by atoms with Gasteiger partial charge < -0.3 is 19.5 Å². The highest BCUT2D eigenvalue weighted by atomic mass is 35.5. The van der Waals surface area contributed by atoms with Gasteiger partial charge in [-0.05, 0) is 67.6 Å². The first-order chi connectivity index (χ1) is 14.0. The summed E-state index contributed by atoms with van der Waals surface area (Å²) in [5.41, 5.74) is 1.38. The Labute approximate surface area is 178 Å². The van der Waals surface area contributed by atoms with Crippen LogP contribution in [0.1, 0.15) is 19.4 Å². The van der Waals surface area contributed by atoms with E-state index in [1.807, 2.05) is 38.1 Å². The maximum atomic E-state index is 12.4. The Morgan fingerprint density at radius 2 is 1.83 bits per heavy atom. The highest BCUT2D eigenvalue weighted by molar-refractivity contribution is 8.18. The molecule has 8 heteroatoms. The molecule has 0 spiro atoms. The van der Waals surface area contributed by atoms with Gasteiger partial charge in [0, 0.05) is 6.07 Å². The molecular formula is C21H21ClN2O4S. The van der Waals surface area contributed by atoms with Crippen molar-refractivity contribution in [3.05, 3.63) is 51.9 Å². The van der Waals surface area contributed by atoms with Crippen molar-refractivity contribution in [1.29, 1.82) is 0 Å². The number of thioether (sulfide) groups is 1. The summed E-state index contributed by atoms with van der Waals surface area (Å²) in [6, 6.07) is 10.8. The van der Waals surface area contributed by atoms with E-state index in [9.17, 15) is 4.79 Å². The SMILES string of the molecule is CCOc1ccc(N=C2NC(=O)/C(=C\c3cc(OC)c(OCC)cc3Cl)S2)cc1. The van der Waals surface area contributed by atoms with E-state index in [4.69, 9.17) is 25.8 Å². The second-order valence-corrected chi connectivity index (χ2v) is 7.30. The van der Waals surface area contributed by atoms with Crippen LogP contribution < -0.4 is 19.5 Å². The van der Waals surface area contributed by atoms with E-state index < -0.39 is 0 Å². The molecule has 0 radical (unpaired) electrons. The fourth-order valence-corrected chi connectivity index (χ4v) is 3.65. The Morgan fingerprint density at radius 1 is 1.10 bits per heavy atom. The predicted molar refractivity (Wildman–Crippen MR) is 118 cm³/mol. The van der Waals surface area contributed by atoms with Crippen LogP contribution in [-0.2, 0) is 4.79 Å². The predicted octanol–water partition coefficient (Wildman–Crippen LogP) is 5.04. The van der Waals surface area contributed by atoms with E-state index in [0.717, 1.165) is 11.4 Å². The number of methoxy groups -OCH3 is 1. The zero-order valence-electron chi connectivity index (χ0n) is 16.3. The number of nitrogens with one attached hydrogen (secondary N) is 1. The molecule has 152 valence electrons. The summed E-state index contributed by atoms with van der Waals surface area (Å²) in [4.78, 5) is 17.3. The van der Waals surface area contributed by atoms with E-state index in [0.29, 0.717) is 45.4 Å². The number of rotatable bonds is 7. The molecule has 1 fully saturated rings. The lowest BCUT2D eigenvalue weighted by Gasteiger charge is -2.11. The van der Waals surface area contributed by atoms with Gasteiger partial charge in [-0.2, -0.15) is 0 Å². The Hall–Kier alpha value is -2.64. The molecule has 0 unspecified atom stereocenters. The van der Waals surface area contributed by atoms with Crippen molar-refractivity contribution in [2.24, 2.45) is 4.99 Å². The summed E-state index contributed by atoms with van der Waals surface area (Å²) in [5.74, 6) is 1.65. The molecular weight excluding hydrogens is 412 g/mol. The number of carbonyl (C=O) groups excluding carboxylic acids is 1. The first kappa shape index (κ1) is 21.1. The molecule has 1 aliphatic heterocycles. The van der Waals surface area contributed by atoms with Crippen molar-refractivity contribution in [2.75, 3.05) is 20.3 Å². The van der Waals surface area contributed by atoms with Gasteiger partial charge in [0.2, 0.25) is 0 Å². The number of hydrogen-bond donors (Lipinski definition) is 1. The third-order valence-corrected chi connectivity index (χ3v) is 5.14. The molecule has 0 atom stereocenters. The average Bonchev–Trinajstić information content (AvgIpc) is 3.04. The van der Waals surface area contributed by atoms with E-state index in [1.165, 1.54) is 11.8 Å². The topological polar surface area (TPSA) is 69.2 Å². The Morgan fingerprint density at radius 3 is 2.48 bits per heavy atom. The van der Waals surface area contributed by atoms with Crippen molar-refractivity contribution >= 4 is 46.2 Å². The molecule has 0 aromatic heterocycles. The molecule has 2 aromatic rings. The van der Waals surface area contributed by atoms with E-state index in [1.54, 1.807) is 25.3 Å². The summed E-state index contributed by atoms with van der Waals surface area (Å²) < 4.78 is 16.3. The number of aliphatic imine (C=N–C) groups is 1. The lowest BCUT2D eigenvalue weighted by atomic mass is 10.2. The van der Waals surface area contributed by atoms with Crippen LogP contribution in [0, 0.1) is 0 Å². The molecule has 1 saturated heterocycles. The number of amides is 1. The van der Waals surface area contributed by atoms with E-state index in [-0.39, 0.29) is 5.91 Å². The number of amidine groups is 1. The third kappa shape index (κ3) is 5.25. The molecule has 29 heavy (non-hydrogen) atoms. The monoisotopic (exact) mass is 432 g/mol. The van der Waals surface area contributed by atoms with Gasteiger partial charge in [0.25, 0.3) is 5.91 Å². The largest absolute Gasteiger partial charge is 0.494 e. The summed E-state index contributed by atoms with van der Waals surface area (Å²) in [6.45, 7) is 4.91. The van der Waals surface area contributed by atoms with Gasteiger partial charge in [0.1, 0.15) is 5.75 Å². The van der Waals surface area contributed by atoms with Gasteiger partial charge in [-0.1, -0.05) is 11.6 Å². The molecule has 1 aliphatic rings. The minimum Gasteiger partial charge on any atom is -0.494 e. The second kappa shape index (κ2) is 9.71. The van der Waals surface area contributed by atoms with Crippen molar-refractivity contribution in [2.45, 2.75) is 13.8 Å². The number of nitrogens with zero attached hydrogens (tertiary/aromatic N) is 1. The van der Waals surface area contributed by atoms with Gasteiger partial charge in [-0.3, -0.25) is 4.79 Å². The zero-order chi connectivity index (χ0) is 20.8. The highest BCUT2D eigenvalue weighted by Crippen LogP contribution is 2.36. The minimum absolute atomic E-state index is 0.233. The second-order valence-electron chi connectivity index (χ2n) is 5.87. The van der Waals surface area contributed by atoms with Crippen LogP contribution >= 0.6 is 23.4 Å². The number of hydrogen-bond acceptors (Lipinski definition) is 6.